The van der Waals surface area contributed by atoms with Gasteiger partial charge in [0.2, 0.25) is 0 Å². The molecule has 4 fully saturated rings. The minimum Gasteiger partial charge on any atom is -0.352 e. The SMILES string of the molecule is CCn1cc(C(=O)NCCC23CC4CC(CC(C4)C2)C3)c(=O)cc1-c1ccccc1. The normalized spacial score (nSPS) is 29.2. The molecule has 1 N–H and O–H groups in total. The number of nitrogens with zero attached hydrogens (tertiary/aromatic N) is 1. The van der Waals surface area contributed by atoms with Crippen molar-refractivity contribution < 1.29 is 4.79 Å². The molecule has 0 aliphatic heterocycles. The summed E-state index contributed by atoms with van der Waals surface area (Å²) in [5.41, 5.74) is 2.34. The van der Waals surface area contributed by atoms with E-state index in [1.54, 1.807) is 12.3 Å². The molecule has 0 unspecified atom stereocenters. The highest BCUT2D eigenvalue weighted by Crippen LogP contribution is 2.61. The molecule has 0 atom stereocenters. The summed E-state index contributed by atoms with van der Waals surface area (Å²) in [6.07, 6.45) is 11.2. The second kappa shape index (κ2) is 7.72. The zero-order valence-corrected chi connectivity index (χ0v) is 17.9. The fourth-order valence-corrected chi connectivity index (χ4v) is 7.00. The molecule has 2 aromatic rings. The van der Waals surface area contributed by atoms with E-state index in [1.165, 1.54) is 38.5 Å². The molecule has 1 amide bonds. The zero-order chi connectivity index (χ0) is 20.7. The maximum Gasteiger partial charge on any atom is 0.256 e. The average Bonchev–Trinajstić information content (AvgIpc) is 2.73. The lowest BCUT2D eigenvalue weighted by Crippen LogP contribution is -2.47. The summed E-state index contributed by atoms with van der Waals surface area (Å²) in [4.78, 5) is 25.6. The number of nitrogens with one attached hydrogen (secondary N) is 1. The van der Waals surface area contributed by atoms with Crippen LogP contribution in [0.15, 0.2) is 47.4 Å². The number of benzene rings is 1. The van der Waals surface area contributed by atoms with Crippen LogP contribution in [0, 0.1) is 23.2 Å². The van der Waals surface area contributed by atoms with Crippen molar-refractivity contribution in [2.24, 2.45) is 23.2 Å². The first-order chi connectivity index (χ1) is 14.5. The van der Waals surface area contributed by atoms with Crippen molar-refractivity contribution >= 4 is 5.91 Å². The summed E-state index contributed by atoms with van der Waals surface area (Å²) in [5, 5.41) is 3.07. The molecule has 1 heterocycles. The molecular formula is C26H32N2O2. The second-order valence-corrected chi connectivity index (χ2v) is 10.0. The van der Waals surface area contributed by atoms with Crippen LogP contribution in [0.1, 0.15) is 62.2 Å². The number of amides is 1. The first-order valence-corrected chi connectivity index (χ1v) is 11.6. The van der Waals surface area contributed by atoms with Gasteiger partial charge in [0, 0.05) is 25.4 Å². The first-order valence-electron chi connectivity index (χ1n) is 11.6. The quantitative estimate of drug-likeness (QED) is 0.747. The molecule has 0 saturated heterocycles. The van der Waals surface area contributed by atoms with Gasteiger partial charge in [0.05, 0.1) is 5.69 Å². The van der Waals surface area contributed by atoms with Gasteiger partial charge in [0.25, 0.3) is 5.91 Å². The maximum atomic E-state index is 12.8. The number of carbonyl (C=O) groups excluding carboxylic acids is 1. The Balaban J connectivity index is 1.28. The number of aryl methyl sites for hydroxylation is 1. The third kappa shape index (κ3) is 3.61. The number of hydrogen-bond donors (Lipinski definition) is 1. The third-order valence-corrected chi connectivity index (χ3v) is 7.89. The molecule has 6 rings (SSSR count). The summed E-state index contributed by atoms with van der Waals surface area (Å²) in [6, 6.07) is 11.5. The van der Waals surface area contributed by atoms with Crippen LogP contribution in [0.25, 0.3) is 11.3 Å². The summed E-state index contributed by atoms with van der Waals surface area (Å²) in [6.45, 7) is 3.42. The van der Waals surface area contributed by atoms with E-state index in [2.05, 4.69) is 5.32 Å². The molecule has 4 heteroatoms. The van der Waals surface area contributed by atoms with Crippen LogP contribution < -0.4 is 10.7 Å². The van der Waals surface area contributed by atoms with E-state index in [9.17, 15) is 9.59 Å². The molecule has 4 aliphatic carbocycles. The standard InChI is InChI=1S/C26H32N2O2/c1-2-28-17-22(24(29)13-23(28)21-6-4-3-5-7-21)25(30)27-9-8-26-14-18-10-19(15-26)12-20(11-18)16-26/h3-7,13,17-20H,2,8-12,14-16H2,1H3,(H,27,30). The minimum absolute atomic E-state index is 0.203. The fourth-order valence-electron chi connectivity index (χ4n) is 7.00. The summed E-state index contributed by atoms with van der Waals surface area (Å²) in [5.74, 6) is 2.55. The number of pyridine rings is 1. The molecule has 30 heavy (non-hydrogen) atoms. The van der Waals surface area contributed by atoms with Crippen LogP contribution in [-0.4, -0.2) is 17.0 Å². The van der Waals surface area contributed by atoms with Crippen molar-refractivity contribution in [3.8, 4) is 11.3 Å². The highest BCUT2D eigenvalue weighted by Gasteiger charge is 2.50. The molecule has 4 bridgehead atoms. The van der Waals surface area contributed by atoms with E-state index in [0.717, 1.165) is 35.4 Å². The van der Waals surface area contributed by atoms with Gasteiger partial charge in [0.15, 0.2) is 5.43 Å². The monoisotopic (exact) mass is 404 g/mol. The highest BCUT2D eigenvalue weighted by molar-refractivity contribution is 5.94. The Bertz CT molecular complexity index is 957. The number of hydrogen-bond acceptors (Lipinski definition) is 2. The first kappa shape index (κ1) is 19.6. The van der Waals surface area contributed by atoms with Crippen molar-refractivity contribution in [2.45, 2.75) is 58.4 Å². The average molecular weight is 405 g/mol. The largest absolute Gasteiger partial charge is 0.352 e. The molecule has 1 aromatic heterocycles. The summed E-state index contributed by atoms with van der Waals surface area (Å²) in [7, 11) is 0. The Morgan fingerprint density at radius 1 is 1.07 bits per heavy atom. The van der Waals surface area contributed by atoms with Gasteiger partial charge in [-0.1, -0.05) is 30.3 Å². The molecule has 1 aromatic carbocycles. The van der Waals surface area contributed by atoms with Crippen LogP contribution >= 0.6 is 0 Å². The summed E-state index contributed by atoms with van der Waals surface area (Å²) >= 11 is 0. The van der Waals surface area contributed by atoms with Gasteiger partial charge >= 0.3 is 0 Å². The van der Waals surface area contributed by atoms with Gasteiger partial charge in [-0.25, -0.2) is 0 Å². The molecule has 4 nitrogen and oxygen atoms in total. The Morgan fingerprint density at radius 3 is 2.30 bits per heavy atom. The Morgan fingerprint density at radius 2 is 1.70 bits per heavy atom. The Hall–Kier alpha value is -2.36. The van der Waals surface area contributed by atoms with E-state index in [-0.39, 0.29) is 16.9 Å². The van der Waals surface area contributed by atoms with Crippen LogP contribution in [-0.2, 0) is 6.54 Å². The van der Waals surface area contributed by atoms with Crippen LogP contribution in [0.3, 0.4) is 0 Å². The molecule has 158 valence electrons. The summed E-state index contributed by atoms with van der Waals surface area (Å²) < 4.78 is 1.99. The number of carbonyl (C=O) groups is 1. The van der Waals surface area contributed by atoms with E-state index >= 15 is 0 Å². The van der Waals surface area contributed by atoms with Crippen molar-refractivity contribution in [3.63, 3.8) is 0 Å². The molecule has 0 spiro atoms. The van der Waals surface area contributed by atoms with E-state index in [0.29, 0.717) is 18.5 Å². The molecule has 4 aliphatic rings. The number of aromatic nitrogens is 1. The van der Waals surface area contributed by atoms with Gasteiger partial charge in [-0.2, -0.15) is 0 Å². The highest BCUT2D eigenvalue weighted by atomic mass is 16.2. The Kier molecular flexibility index (Phi) is 5.04. The van der Waals surface area contributed by atoms with Gasteiger partial charge in [-0.05, 0) is 80.6 Å². The molecular weight excluding hydrogens is 372 g/mol. The van der Waals surface area contributed by atoms with Crippen molar-refractivity contribution in [1.82, 2.24) is 9.88 Å². The van der Waals surface area contributed by atoms with Crippen molar-refractivity contribution in [2.75, 3.05) is 6.54 Å². The number of rotatable bonds is 6. The van der Waals surface area contributed by atoms with Crippen LogP contribution in [0.4, 0.5) is 0 Å². The maximum absolute atomic E-state index is 12.8. The predicted molar refractivity (Wildman–Crippen MR) is 119 cm³/mol. The van der Waals surface area contributed by atoms with Gasteiger partial charge in [-0.3, -0.25) is 9.59 Å². The van der Waals surface area contributed by atoms with Gasteiger partial charge in [0.1, 0.15) is 5.56 Å². The third-order valence-electron chi connectivity index (χ3n) is 7.89. The van der Waals surface area contributed by atoms with Crippen LogP contribution in [0.2, 0.25) is 0 Å². The lowest BCUT2D eigenvalue weighted by molar-refractivity contribution is -0.0564. The van der Waals surface area contributed by atoms with Gasteiger partial charge < -0.3 is 9.88 Å². The van der Waals surface area contributed by atoms with Crippen molar-refractivity contribution in [1.29, 1.82) is 0 Å². The predicted octanol–water partition coefficient (Wildman–Crippen LogP) is 4.87. The fraction of sp³-hybridized carbons (Fsp3) is 0.538. The molecule has 0 radical (unpaired) electrons. The van der Waals surface area contributed by atoms with E-state index in [4.69, 9.17) is 0 Å². The second-order valence-electron chi connectivity index (χ2n) is 10.0. The lowest BCUT2D eigenvalue weighted by atomic mass is 9.49. The van der Waals surface area contributed by atoms with E-state index in [1.807, 2.05) is 41.8 Å². The van der Waals surface area contributed by atoms with E-state index < -0.39 is 0 Å². The zero-order valence-electron chi connectivity index (χ0n) is 17.9. The lowest BCUT2D eigenvalue weighted by Gasteiger charge is -2.57. The van der Waals surface area contributed by atoms with Gasteiger partial charge in [-0.15, -0.1) is 0 Å². The smallest absolute Gasteiger partial charge is 0.256 e. The Labute approximate surface area is 178 Å². The molecule has 4 saturated carbocycles. The topological polar surface area (TPSA) is 51.1 Å². The van der Waals surface area contributed by atoms with Crippen LogP contribution in [0.5, 0.6) is 0 Å². The van der Waals surface area contributed by atoms with Crippen molar-refractivity contribution in [3.05, 3.63) is 58.4 Å². The minimum atomic E-state index is -0.230.